The van der Waals surface area contributed by atoms with Gasteiger partial charge in [0.15, 0.2) is 0 Å². The Balaban J connectivity index is 1.89. The van der Waals surface area contributed by atoms with Gasteiger partial charge in [-0.1, -0.05) is 71.7 Å². The highest BCUT2D eigenvalue weighted by Crippen LogP contribution is 2.28. The lowest BCUT2D eigenvalue weighted by atomic mass is 10.0. The zero-order chi connectivity index (χ0) is 28.6. The van der Waals surface area contributed by atoms with E-state index in [1.165, 1.54) is 16.3 Å². The van der Waals surface area contributed by atoms with Crippen LogP contribution in [0.2, 0.25) is 10.0 Å². The molecule has 0 aliphatic heterocycles. The largest absolute Gasteiger partial charge is 0.357 e. The van der Waals surface area contributed by atoms with Crippen molar-refractivity contribution in [3.05, 3.63) is 99.5 Å². The smallest absolute Gasteiger partial charge is 0.242 e. The Labute approximate surface area is 240 Å². The molecule has 0 fully saturated rings. The third-order valence-corrected chi connectivity index (χ3v) is 8.25. The highest BCUT2D eigenvalue weighted by atomic mass is 35.5. The number of carbonyl (C=O) groups is 2. The molecular formula is C29H33Cl2N3O4S. The molecule has 10 heteroatoms. The highest BCUT2D eigenvalue weighted by molar-refractivity contribution is 7.92. The molecule has 3 aromatic rings. The molecule has 0 unspecified atom stereocenters. The number of amides is 2. The molecular weight excluding hydrogens is 557 g/mol. The van der Waals surface area contributed by atoms with Crippen LogP contribution in [0.4, 0.5) is 5.69 Å². The fourth-order valence-corrected chi connectivity index (χ4v) is 5.84. The average Bonchev–Trinajstić information content (AvgIpc) is 2.89. The van der Waals surface area contributed by atoms with Gasteiger partial charge in [-0.15, -0.1) is 0 Å². The molecule has 0 aromatic heterocycles. The second-order valence-corrected chi connectivity index (χ2v) is 12.0. The molecule has 0 spiro atoms. The van der Waals surface area contributed by atoms with Crippen LogP contribution < -0.4 is 9.62 Å². The van der Waals surface area contributed by atoms with E-state index in [4.69, 9.17) is 23.2 Å². The van der Waals surface area contributed by atoms with Gasteiger partial charge in [0.2, 0.25) is 21.8 Å². The lowest BCUT2D eigenvalue weighted by Crippen LogP contribution is -2.50. The number of likely N-dealkylation sites (N-methyl/N-ethyl adjacent to an activating group) is 1. The van der Waals surface area contributed by atoms with Crippen molar-refractivity contribution in [1.82, 2.24) is 10.2 Å². The van der Waals surface area contributed by atoms with Crippen LogP contribution in [0.25, 0.3) is 0 Å². The van der Waals surface area contributed by atoms with E-state index in [9.17, 15) is 18.0 Å². The van der Waals surface area contributed by atoms with Crippen molar-refractivity contribution in [2.45, 2.75) is 38.8 Å². The summed E-state index contributed by atoms with van der Waals surface area (Å²) in [6.45, 7) is 2.02. The summed E-state index contributed by atoms with van der Waals surface area (Å²) < 4.78 is 26.4. The van der Waals surface area contributed by atoms with Crippen LogP contribution in [0.1, 0.15) is 29.5 Å². The number of sulfonamides is 1. The van der Waals surface area contributed by atoms with Crippen molar-refractivity contribution in [3.63, 3.8) is 0 Å². The molecule has 0 saturated heterocycles. The molecule has 0 radical (unpaired) electrons. The summed E-state index contributed by atoms with van der Waals surface area (Å²) in [4.78, 5) is 28.3. The van der Waals surface area contributed by atoms with Gasteiger partial charge in [-0.05, 0) is 48.7 Å². The molecule has 0 aliphatic rings. The molecule has 0 saturated carbocycles. The van der Waals surface area contributed by atoms with E-state index in [1.807, 2.05) is 43.3 Å². The van der Waals surface area contributed by atoms with Crippen LogP contribution in [0, 0.1) is 6.92 Å². The first-order chi connectivity index (χ1) is 18.5. The standard InChI is InChI=1S/C29H33Cl2N3O4S/c1-21-10-7-13-23(18-21)34(39(3,37)38)17-9-16-28(35)33(20-24-25(30)14-8-15-26(24)31)27(29(36)32-2)19-22-11-5-4-6-12-22/h4-8,10-15,18,27H,9,16-17,19-20H2,1-3H3,(H,32,36)/t27-/m0/s1. The minimum atomic E-state index is -3.58. The summed E-state index contributed by atoms with van der Waals surface area (Å²) in [5.74, 6) is -0.638. The number of nitrogens with one attached hydrogen (secondary N) is 1. The number of rotatable bonds is 12. The van der Waals surface area contributed by atoms with Gasteiger partial charge in [0.05, 0.1) is 11.9 Å². The lowest BCUT2D eigenvalue weighted by Gasteiger charge is -2.32. The fourth-order valence-electron chi connectivity index (χ4n) is 4.36. The van der Waals surface area contributed by atoms with Crippen molar-refractivity contribution in [2.75, 3.05) is 24.2 Å². The summed E-state index contributed by atoms with van der Waals surface area (Å²) in [7, 11) is -2.05. The predicted octanol–water partition coefficient (Wildman–Crippen LogP) is 5.23. The molecule has 3 rings (SSSR count). The Hall–Kier alpha value is -3.07. The second kappa shape index (κ2) is 13.8. The van der Waals surface area contributed by atoms with Crippen LogP contribution >= 0.6 is 23.2 Å². The number of benzene rings is 3. The van der Waals surface area contributed by atoms with Crippen LogP contribution in [0.15, 0.2) is 72.8 Å². The van der Waals surface area contributed by atoms with Crippen molar-refractivity contribution in [2.24, 2.45) is 0 Å². The van der Waals surface area contributed by atoms with Crippen molar-refractivity contribution < 1.29 is 18.0 Å². The van der Waals surface area contributed by atoms with Crippen molar-refractivity contribution >= 4 is 50.7 Å². The van der Waals surface area contributed by atoms with Crippen LogP contribution in [0.5, 0.6) is 0 Å². The van der Waals surface area contributed by atoms with E-state index < -0.39 is 16.1 Å². The maximum Gasteiger partial charge on any atom is 0.242 e. The molecule has 208 valence electrons. The van der Waals surface area contributed by atoms with Gasteiger partial charge in [-0.3, -0.25) is 13.9 Å². The molecule has 3 aromatic carbocycles. The molecule has 39 heavy (non-hydrogen) atoms. The van der Waals surface area contributed by atoms with E-state index in [-0.39, 0.29) is 44.2 Å². The fraction of sp³-hybridized carbons (Fsp3) is 0.310. The van der Waals surface area contributed by atoms with Gasteiger partial charge in [0, 0.05) is 48.6 Å². The summed E-state index contributed by atoms with van der Waals surface area (Å²) in [5.41, 5.74) is 2.89. The first-order valence-electron chi connectivity index (χ1n) is 12.5. The zero-order valence-electron chi connectivity index (χ0n) is 22.2. The summed E-state index contributed by atoms with van der Waals surface area (Å²) in [5, 5.41) is 3.45. The summed E-state index contributed by atoms with van der Waals surface area (Å²) >= 11 is 12.9. The van der Waals surface area contributed by atoms with Crippen LogP contribution in [0.3, 0.4) is 0 Å². The SMILES string of the molecule is CNC(=O)[C@H](Cc1ccccc1)N(Cc1c(Cl)cccc1Cl)C(=O)CCCN(c1cccc(C)c1)S(C)(=O)=O. The zero-order valence-corrected chi connectivity index (χ0v) is 24.6. The number of hydrogen-bond donors (Lipinski definition) is 1. The van der Waals surface area contributed by atoms with Crippen LogP contribution in [-0.4, -0.2) is 51.0 Å². The van der Waals surface area contributed by atoms with E-state index in [0.29, 0.717) is 21.3 Å². The molecule has 0 aliphatic carbocycles. The monoisotopic (exact) mass is 589 g/mol. The van der Waals surface area contributed by atoms with E-state index in [0.717, 1.165) is 17.4 Å². The third-order valence-electron chi connectivity index (χ3n) is 6.35. The number of aryl methyl sites for hydroxylation is 1. The van der Waals surface area contributed by atoms with E-state index in [1.54, 1.807) is 36.4 Å². The minimum absolute atomic E-state index is 0.0161. The van der Waals surface area contributed by atoms with Gasteiger partial charge in [0.25, 0.3) is 0 Å². The van der Waals surface area contributed by atoms with E-state index >= 15 is 0 Å². The number of anilines is 1. The molecule has 0 bridgehead atoms. The molecule has 7 nitrogen and oxygen atoms in total. The minimum Gasteiger partial charge on any atom is -0.357 e. The third kappa shape index (κ3) is 8.46. The number of hydrogen-bond acceptors (Lipinski definition) is 4. The molecule has 0 heterocycles. The maximum absolute atomic E-state index is 13.7. The summed E-state index contributed by atoms with van der Waals surface area (Å²) in [6.07, 6.45) is 1.69. The van der Waals surface area contributed by atoms with Gasteiger partial charge >= 0.3 is 0 Å². The number of halogens is 2. The Morgan fingerprint density at radius 3 is 2.18 bits per heavy atom. The molecule has 1 atom stereocenters. The van der Waals surface area contributed by atoms with Gasteiger partial charge in [-0.2, -0.15) is 0 Å². The molecule has 1 N–H and O–H groups in total. The van der Waals surface area contributed by atoms with Gasteiger partial charge in [0.1, 0.15) is 6.04 Å². The number of nitrogens with zero attached hydrogens (tertiary/aromatic N) is 2. The topological polar surface area (TPSA) is 86.8 Å². The van der Waals surface area contributed by atoms with Crippen molar-refractivity contribution in [3.8, 4) is 0 Å². The Morgan fingerprint density at radius 1 is 0.949 bits per heavy atom. The maximum atomic E-state index is 13.7. The first kappa shape index (κ1) is 30.5. The average molecular weight is 591 g/mol. The molecule has 2 amide bonds. The lowest BCUT2D eigenvalue weighted by molar-refractivity contribution is -0.141. The highest BCUT2D eigenvalue weighted by Gasteiger charge is 2.31. The Kier molecular flexibility index (Phi) is 10.8. The quantitative estimate of drug-likeness (QED) is 0.313. The predicted molar refractivity (Wildman–Crippen MR) is 158 cm³/mol. The van der Waals surface area contributed by atoms with Gasteiger partial charge in [-0.25, -0.2) is 8.42 Å². The van der Waals surface area contributed by atoms with Crippen LogP contribution in [-0.2, 0) is 32.6 Å². The number of carbonyl (C=O) groups excluding carboxylic acids is 2. The van der Waals surface area contributed by atoms with Crippen molar-refractivity contribution in [1.29, 1.82) is 0 Å². The first-order valence-corrected chi connectivity index (χ1v) is 15.1. The van der Waals surface area contributed by atoms with E-state index in [2.05, 4.69) is 5.32 Å². The Bertz CT molecular complexity index is 1380. The second-order valence-electron chi connectivity index (χ2n) is 9.32. The van der Waals surface area contributed by atoms with Gasteiger partial charge < -0.3 is 10.2 Å². The Morgan fingerprint density at radius 2 is 1.59 bits per heavy atom. The normalized spacial score (nSPS) is 12.0. The summed E-state index contributed by atoms with van der Waals surface area (Å²) in [6, 6.07) is 20.9.